The lowest BCUT2D eigenvalue weighted by Gasteiger charge is -2.32. The molecule has 1 aromatic rings. The molecule has 1 amide bonds. The first-order chi connectivity index (χ1) is 11.9. The normalized spacial score (nSPS) is 18.9. The van der Waals surface area contributed by atoms with Gasteiger partial charge in [-0.25, -0.2) is 8.42 Å². The van der Waals surface area contributed by atoms with E-state index in [-0.39, 0.29) is 16.8 Å². The van der Waals surface area contributed by atoms with Gasteiger partial charge in [-0.05, 0) is 50.0 Å². The number of likely N-dealkylation sites (tertiary alicyclic amines) is 1. The van der Waals surface area contributed by atoms with Crippen molar-refractivity contribution >= 4 is 22.0 Å². The molecule has 1 heterocycles. The number of benzene rings is 1. The van der Waals surface area contributed by atoms with Crippen molar-refractivity contribution in [1.29, 1.82) is 0 Å². The van der Waals surface area contributed by atoms with Gasteiger partial charge < -0.3 is 4.90 Å². The zero-order valence-corrected chi connectivity index (χ0v) is 16.1. The molecule has 0 saturated carbocycles. The summed E-state index contributed by atoms with van der Waals surface area (Å²) in [5.74, 6) is 0.0204. The lowest BCUT2D eigenvalue weighted by atomic mass is 10.0. The van der Waals surface area contributed by atoms with Crippen molar-refractivity contribution in [2.24, 2.45) is 0 Å². The summed E-state index contributed by atoms with van der Waals surface area (Å²) < 4.78 is 26.4. The number of amides is 1. The lowest BCUT2D eigenvalue weighted by molar-refractivity contribution is -0.129. The topological polar surface area (TPSA) is 57.7 Å². The Morgan fingerprint density at radius 2 is 1.84 bits per heavy atom. The van der Waals surface area contributed by atoms with Crippen molar-refractivity contribution < 1.29 is 13.2 Å². The molecule has 1 fully saturated rings. The van der Waals surface area contributed by atoms with Gasteiger partial charge in [-0.2, -0.15) is 4.31 Å². The third kappa shape index (κ3) is 4.70. The van der Waals surface area contributed by atoms with E-state index in [1.165, 1.54) is 10.7 Å². The van der Waals surface area contributed by atoms with Crippen LogP contribution in [0.2, 0.25) is 0 Å². The van der Waals surface area contributed by atoms with Crippen LogP contribution in [0.1, 0.15) is 45.6 Å². The molecule has 0 N–H and O–H groups in total. The number of sulfonamides is 1. The van der Waals surface area contributed by atoms with Gasteiger partial charge >= 0.3 is 0 Å². The summed E-state index contributed by atoms with van der Waals surface area (Å²) >= 11 is 0. The van der Waals surface area contributed by atoms with Crippen LogP contribution < -0.4 is 0 Å². The van der Waals surface area contributed by atoms with E-state index in [4.69, 9.17) is 0 Å². The molecule has 1 aliphatic rings. The second kappa shape index (κ2) is 8.63. The molecular formula is C19H28N2O3S. The van der Waals surface area contributed by atoms with E-state index in [0.717, 1.165) is 24.9 Å². The zero-order valence-electron chi connectivity index (χ0n) is 15.3. The van der Waals surface area contributed by atoms with E-state index in [2.05, 4.69) is 6.92 Å². The first-order valence-electron chi connectivity index (χ1n) is 8.99. The third-order valence-electron chi connectivity index (χ3n) is 4.73. The van der Waals surface area contributed by atoms with Crippen molar-refractivity contribution in [2.45, 2.75) is 51.0 Å². The fraction of sp³-hybridized carbons (Fsp3) is 0.526. The van der Waals surface area contributed by atoms with Gasteiger partial charge in [-0.15, -0.1) is 0 Å². The average Bonchev–Trinajstić information content (AvgIpc) is 2.61. The van der Waals surface area contributed by atoms with E-state index in [1.807, 2.05) is 18.7 Å². The Bertz CT molecular complexity index is 707. The largest absolute Gasteiger partial charge is 0.336 e. The molecule has 1 unspecified atom stereocenters. The van der Waals surface area contributed by atoms with Gasteiger partial charge in [0.2, 0.25) is 15.9 Å². The standard InChI is InChI=1S/C19H28N2O3S/c1-4-20(5-2)25(23,24)18-12-9-17(10-13-18)11-14-19(22)21-15-7-6-8-16(21)3/h9-14,16H,4-8,15H2,1-3H3/b14-11+. The number of piperidine rings is 1. The summed E-state index contributed by atoms with van der Waals surface area (Å²) in [6.45, 7) is 7.44. The molecule has 1 saturated heterocycles. The molecular weight excluding hydrogens is 336 g/mol. The SMILES string of the molecule is CCN(CC)S(=O)(=O)c1ccc(/C=C/C(=O)N2CCCCC2C)cc1. The van der Waals surface area contributed by atoms with Gasteiger partial charge in [-0.3, -0.25) is 4.79 Å². The summed E-state index contributed by atoms with van der Waals surface area (Å²) in [5, 5.41) is 0. The van der Waals surface area contributed by atoms with Crippen LogP contribution >= 0.6 is 0 Å². The predicted octanol–water partition coefficient (Wildman–Crippen LogP) is 3.13. The molecule has 0 radical (unpaired) electrons. The minimum atomic E-state index is -3.44. The van der Waals surface area contributed by atoms with Gasteiger partial charge in [0.15, 0.2) is 0 Å². The van der Waals surface area contributed by atoms with E-state index < -0.39 is 10.0 Å². The van der Waals surface area contributed by atoms with Gasteiger partial charge in [0.25, 0.3) is 0 Å². The first-order valence-corrected chi connectivity index (χ1v) is 10.4. The highest BCUT2D eigenvalue weighted by atomic mass is 32.2. The Morgan fingerprint density at radius 1 is 1.20 bits per heavy atom. The molecule has 0 aliphatic carbocycles. The van der Waals surface area contributed by atoms with Crippen LogP contribution in [0.3, 0.4) is 0 Å². The molecule has 6 heteroatoms. The van der Waals surface area contributed by atoms with E-state index in [1.54, 1.807) is 36.4 Å². The number of nitrogens with zero attached hydrogens (tertiary/aromatic N) is 2. The van der Waals surface area contributed by atoms with Crippen LogP contribution in [0.5, 0.6) is 0 Å². The Labute approximate surface area is 151 Å². The summed E-state index contributed by atoms with van der Waals surface area (Å²) in [5.41, 5.74) is 0.816. The molecule has 138 valence electrons. The second-order valence-electron chi connectivity index (χ2n) is 6.37. The van der Waals surface area contributed by atoms with Crippen molar-refractivity contribution in [3.8, 4) is 0 Å². The van der Waals surface area contributed by atoms with Crippen molar-refractivity contribution in [3.05, 3.63) is 35.9 Å². The maximum atomic E-state index is 12.5. The van der Waals surface area contributed by atoms with Crippen LogP contribution in [0.25, 0.3) is 6.08 Å². The van der Waals surface area contributed by atoms with Crippen LogP contribution in [0.4, 0.5) is 0 Å². The molecule has 0 bridgehead atoms. The smallest absolute Gasteiger partial charge is 0.246 e. The van der Waals surface area contributed by atoms with Gasteiger partial charge in [0, 0.05) is 31.8 Å². The van der Waals surface area contributed by atoms with Crippen LogP contribution in [0.15, 0.2) is 35.2 Å². The van der Waals surface area contributed by atoms with Crippen LogP contribution in [-0.2, 0) is 14.8 Å². The minimum Gasteiger partial charge on any atom is -0.336 e. The van der Waals surface area contributed by atoms with Crippen molar-refractivity contribution in [2.75, 3.05) is 19.6 Å². The van der Waals surface area contributed by atoms with E-state index in [0.29, 0.717) is 13.1 Å². The van der Waals surface area contributed by atoms with Crippen molar-refractivity contribution in [1.82, 2.24) is 9.21 Å². The number of hydrogen-bond acceptors (Lipinski definition) is 3. The number of rotatable bonds is 6. The predicted molar refractivity (Wildman–Crippen MR) is 101 cm³/mol. The van der Waals surface area contributed by atoms with Crippen molar-refractivity contribution in [3.63, 3.8) is 0 Å². The van der Waals surface area contributed by atoms with E-state index >= 15 is 0 Å². The summed E-state index contributed by atoms with van der Waals surface area (Å²) in [7, 11) is -3.44. The molecule has 0 aromatic heterocycles. The van der Waals surface area contributed by atoms with E-state index in [9.17, 15) is 13.2 Å². The summed E-state index contributed by atoms with van der Waals surface area (Å²) in [6, 6.07) is 6.95. The molecule has 5 nitrogen and oxygen atoms in total. The summed E-state index contributed by atoms with van der Waals surface area (Å²) in [4.78, 5) is 14.5. The number of hydrogen-bond donors (Lipinski definition) is 0. The summed E-state index contributed by atoms with van der Waals surface area (Å²) in [6.07, 6.45) is 6.61. The Hall–Kier alpha value is -1.66. The molecule has 2 rings (SSSR count). The minimum absolute atomic E-state index is 0.0204. The monoisotopic (exact) mass is 364 g/mol. The highest BCUT2D eigenvalue weighted by molar-refractivity contribution is 7.89. The average molecular weight is 365 g/mol. The Kier molecular flexibility index (Phi) is 6.79. The highest BCUT2D eigenvalue weighted by Gasteiger charge is 2.22. The van der Waals surface area contributed by atoms with Gasteiger partial charge in [0.05, 0.1) is 4.90 Å². The fourth-order valence-corrected chi connectivity index (χ4v) is 4.61. The van der Waals surface area contributed by atoms with Crippen LogP contribution in [0, 0.1) is 0 Å². The molecule has 1 aromatic carbocycles. The highest BCUT2D eigenvalue weighted by Crippen LogP contribution is 2.18. The first kappa shape index (κ1) is 19.7. The fourth-order valence-electron chi connectivity index (χ4n) is 3.15. The molecule has 1 aliphatic heterocycles. The number of carbonyl (C=O) groups is 1. The zero-order chi connectivity index (χ0) is 18.4. The molecule has 1 atom stereocenters. The van der Waals surface area contributed by atoms with Crippen LogP contribution in [-0.4, -0.2) is 49.2 Å². The maximum absolute atomic E-state index is 12.5. The Morgan fingerprint density at radius 3 is 2.40 bits per heavy atom. The molecule has 25 heavy (non-hydrogen) atoms. The maximum Gasteiger partial charge on any atom is 0.246 e. The molecule has 0 spiro atoms. The Balaban J connectivity index is 2.08. The quantitative estimate of drug-likeness (QED) is 0.729. The number of carbonyl (C=O) groups excluding carboxylic acids is 1. The lowest BCUT2D eigenvalue weighted by Crippen LogP contribution is -2.41. The van der Waals surface area contributed by atoms with Gasteiger partial charge in [-0.1, -0.05) is 26.0 Å². The third-order valence-corrected chi connectivity index (χ3v) is 6.79. The second-order valence-corrected chi connectivity index (χ2v) is 8.31. The van der Waals surface area contributed by atoms with Gasteiger partial charge in [0.1, 0.15) is 0 Å².